The summed E-state index contributed by atoms with van der Waals surface area (Å²) in [4.78, 5) is 15.7. The SMILES string of the molecule is Cc1nc(NCCCNC(=O)CC(C)C)ccc1N. The molecule has 0 aliphatic rings. The molecule has 0 bridgehead atoms. The van der Waals surface area contributed by atoms with Crippen molar-refractivity contribution < 1.29 is 4.79 Å². The number of nitrogens with one attached hydrogen (secondary N) is 2. The van der Waals surface area contributed by atoms with Gasteiger partial charge in [0.2, 0.25) is 5.91 Å². The van der Waals surface area contributed by atoms with Crippen LogP contribution in [0.25, 0.3) is 0 Å². The van der Waals surface area contributed by atoms with E-state index >= 15 is 0 Å². The fourth-order valence-electron chi connectivity index (χ4n) is 1.65. The lowest BCUT2D eigenvalue weighted by molar-refractivity contribution is -0.121. The minimum Gasteiger partial charge on any atom is -0.397 e. The maximum atomic E-state index is 11.4. The van der Waals surface area contributed by atoms with E-state index in [0.29, 0.717) is 24.6 Å². The third kappa shape index (κ3) is 6.08. The van der Waals surface area contributed by atoms with Crippen molar-refractivity contribution in [2.24, 2.45) is 5.92 Å². The molecular weight excluding hydrogens is 240 g/mol. The molecule has 0 saturated heterocycles. The molecule has 1 aromatic heterocycles. The zero-order valence-electron chi connectivity index (χ0n) is 12.0. The molecular formula is C14H24N4O. The predicted molar refractivity (Wildman–Crippen MR) is 79.0 cm³/mol. The second kappa shape index (κ2) is 7.61. The van der Waals surface area contributed by atoms with E-state index in [2.05, 4.69) is 15.6 Å². The highest BCUT2D eigenvalue weighted by atomic mass is 16.1. The number of aromatic nitrogens is 1. The number of nitrogens with two attached hydrogens (primary N) is 1. The lowest BCUT2D eigenvalue weighted by Gasteiger charge is -2.09. The largest absolute Gasteiger partial charge is 0.397 e. The number of carbonyl (C=O) groups is 1. The molecule has 0 atom stereocenters. The summed E-state index contributed by atoms with van der Waals surface area (Å²) in [7, 11) is 0. The summed E-state index contributed by atoms with van der Waals surface area (Å²) in [6.07, 6.45) is 1.46. The van der Waals surface area contributed by atoms with Crippen LogP contribution in [-0.2, 0) is 4.79 Å². The molecule has 4 N–H and O–H groups in total. The number of carbonyl (C=O) groups excluding carboxylic acids is 1. The van der Waals surface area contributed by atoms with E-state index in [9.17, 15) is 4.79 Å². The molecule has 5 nitrogen and oxygen atoms in total. The molecule has 1 aromatic rings. The molecule has 0 saturated carbocycles. The van der Waals surface area contributed by atoms with Crippen LogP contribution in [0.3, 0.4) is 0 Å². The van der Waals surface area contributed by atoms with Crippen molar-refractivity contribution in [3.05, 3.63) is 17.8 Å². The van der Waals surface area contributed by atoms with Crippen molar-refractivity contribution in [3.63, 3.8) is 0 Å². The number of nitrogen functional groups attached to an aromatic ring is 1. The minimum atomic E-state index is 0.122. The highest BCUT2D eigenvalue weighted by Gasteiger charge is 2.03. The van der Waals surface area contributed by atoms with Gasteiger partial charge in [-0.2, -0.15) is 0 Å². The van der Waals surface area contributed by atoms with Gasteiger partial charge in [0.05, 0.1) is 11.4 Å². The summed E-state index contributed by atoms with van der Waals surface area (Å²) in [5, 5.41) is 6.11. The molecule has 0 spiro atoms. The Kier molecular flexibility index (Phi) is 6.12. The first kappa shape index (κ1) is 15.3. The Hall–Kier alpha value is -1.78. The van der Waals surface area contributed by atoms with Gasteiger partial charge >= 0.3 is 0 Å². The first-order valence-corrected chi connectivity index (χ1v) is 6.72. The van der Waals surface area contributed by atoms with Gasteiger partial charge in [-0.3, -0.25) is 4.79 Å². The molecule has 1 heterocycles. The Bertz CT molecular complexity index is 418. The third-order valence-electron chi connectivity index (χ3n) is 2.70. The Morgan fingerprint density at radius 2 is 2.11 bits per heavy atom. The summed E-state index contributed by atoms with van der Waals surface area (Å²) in [5.41, 5.74) is 7.23. The highest BCUT2D eigenvalue weighted by molar-refractivity contribution is 5.75. The third-order valence-corrected chi connectivity index (χ3v) is 2.70. The van der Waals surface area contributed by atoms with E-state index in [4.69, 9.17) is 5.73 Å². The van der Waals surface area contributed by atoms with Crippen LogP contribution < -0.4 is 16.4 Å². The number of pyridine rings is 1. The van der Waals surface area contributed by atoms with Gasteiger partial charge in [-0.05, 0) is 31.4 Å². The Morgan fingerprint density at radius 3 is 2.74 bits per heavy atom. The topological polar surface area (TPSA) is 80.0 Å². The Morgan fingerprint density at radius 1 is 1.37 bits per heavy atom. The minimum absolute atomic E-state index is 0.122. The number of nitrogens with zero attached hydrogens (tertiary/aromatic N) is 1. The normalized spacial score (nSPS) is 10.5. The van der Waals surface area contributed by atoms with E-state index < -0.39 is 0 Å². The molecule has 1 amide bonds. The average molecular weight is 264 g/mol. The molecule has 0 fully saturated rings. The van der Waals surface area contributed by atoms with Crippen LogP contribution in [0.15, 0.2) is 12.1 Å². The number of anilines is 2. The number of amides is 1. The zero-order chi connectivity index (χ0) is 14.3. The number of hydrogen-bond donors (Lipinski definition) is 3. The molecule has 5 heteroatoms. The number of rotatable bonds is 7. The van der Waals surface area contributed by atoms with Crippen molar-refractivity contribution >= 4 is 17.4 Å². The summed E-state index contributed by atoms with van der Waals surface area (Å²) < 4.78 is 0. The van der Waals surface area contributed by atoms with Crippen LogP contribution in [0.1, 0.15) is 32.4 Å². The summed E-state index contributed by atoms with van der Waals surface area (Å²) >= 11 is 0. The van der Waals surface area contributed by atoms with Gasteiger partial charge < -0.3 is 16.4 Å². The van der Waals surface area contributed by atoms with Crippen LogP contribution in [0.4, 0.5) is 11.5 Å². The van der Waals surface area contributed by atoms with Crippen molar-refractivity contribution in [3.8, 4) is 0 Å². The summed E-state index contributed by atoms with van der Waals surface area (Å²) in [6.45, 7) is 7.42. The summed E-state index contributed by atoms with van der Waals surface area (Å²) in [5.74, 6) is 1.34. The smallest absolute Gasteiger partial charge is 0.220 e. The van der Waals surface area contributed by atoms with Crippen LogP contribution >= 0.6 is 0 Å². The van der Waals surface area contributed by atoms with Crippen molar-refractivity contribution in [2.75, 3.05) is 24.1 Å². The van der Waals surface area contributed by atoms with Crippen LogP contribution in [-0.4, -0.2) is 24.0 Å². The standard InChI is InChI=1S/C14H24N4O/c1-10(2)9-14(19)17-8-4-7-16-13-6-5-12(15)11(3)18-13/h5-6,10H,4,7-9,15H2,1-3H3,(H,16,18)(H,17,19). The monoisotopic (exact) mass is 264 g/mol. The Balaban J connectivity index is 2.17. The van der Waals surface area contributed by atoms with Gasteiger partial charge in [-0.1, -0.05) is 13.8 Å². The number of hydrogen-bond acceptors (Lipinski definition) is 4. The maximum Gasteiger partial charge on any atom is 0.220 e. The van der Waals surface area contributed by atoms with Gasteiger partial charge in [0.25, 0.3) is 0 Å². The molecule has 0 radical (unpaired) electrons. The fourth-order valence-corrected chi connectivity index (χ4v) is 1.65. The lowest BCUT2D eigenvalue weighted by Crippen LogP contribution is -2.26. The molecule has 19 heavy (non-hydrogen) atoms. The van der Waals surface area contributed by atoms with E-state index in [1.165, 1.54) is 0 Å². The van der Waals surface area contributed by atoms with Crippen molar-refractivity contribution in [1.82, 2.24) is 10.3 Å². The van der Waals surface area contributed by atoms with E-state index in [0.717, 1.165) is 24.5 Å². The number of aryl methyl sites for hydroxylation is 1. The quantitative estimate of drug-likeness (QED) is 0.657. The van der Waals surface area contributed by atoms with Crippen LogP contribution in [0.5, 0.6) is 0 Å². The molecule has 0 aliphatic carbocycles. The van der Waals surface area contributed by atoms with E-state index in [1.807, 2.05) is 32.9 Å². The van der Waals surface area contributed by atoms with Crippen LogP contribution in [0.2, 0.25) is 0 Å². The first-order chi connectivity index (χ1) is 8.99. The molecule has 0 aliphatic heterocycles. The maximum absolute atomic E-state index is 11.4. The van der Waals surface area contributed by atoms with Gasteiger partial charge in [0, 0.05) is 19.5 Å². The molecule has 106 valence electrons. The van der Waals surface area contributed by atoms with Gasteiger partial charge in [0.15, 0.2) is 0 Å². The predicted octanol–water partition coefficient (Wildman–Crippen LogP) is 1.94. The second-order valence-electron chi connectivity index (χ2n) is 5.10. The van der Waals surface area contributed by atoms with Crippen molar-refractivity contribution in [1.29, 1.82) is 0 Å². The van der Waals surface area contributed by atoms with E-state index in [-0.39, 0.29) is 5.91 Å². The van der Waals surface area contributed by atoms with Gasteiger partial charge in [-0.15, -0.1) is 0 Å². The summed E-state index contributed by atoms with van der Waals surface area (Å²) in [6, 6.07) is 3.70. The molecule has 0 aromatic carbocycles. The Labute approximate surface area is 115 Å². The first-order valence-electron chi connectivity index (χ1n) is 6.72. The average Bonchev–Trinajstić information content (AvgIpc) is 2.32. The van der Waals surface area contributed by atoms with Gasteiger partial charge in [0.1, 0.15) is 5.82 Å². The van der Waals surface area contributed by atoms with E-state index in [1.54, 1.807) is 0 Å². The fraction of sp³-hybridized carbons (Fsp3) is 0.571. The second-order valence-corrected chi connectivity index (χ2v) is 5.10. The molecule has 1 rings (SSSR count). The van der Waals surface area contributed by atoms with Crippen molar-refractivity contribution in [2.45, 2.75) is 33.6 Å². The lowest BCUT2D eigenvalue weighted by atomic mass is 10.1. The zero-order valence-corrected chi connectivity index (χ0v) is 12.0. The highest BCUT2D eigenvalue weighted by Crippen LogP contribution is 2.11. The van der Waals surface area contributed by atoms with Gasteiger partial charge in [-0.25, -0.2) is 4.98 Å². The molecule has 0 unspecified atom stereocenters. The van der Waals surface area contributed by atoms with Crippen LogP contribution in [0, 0.1) is 12.8 Å².